The summed E-state index contributed by atoms with van der Waals surface area (Å²) in [6.45, 7) is 9.91. The molecule has 5 atom stereocenters. The van der Waals surface area contributed by atoms with Crippen LogP contribution in [-0.2, 0) is 0 Å². The van der Waals surface area contributed by atoms with E-state index in [1.54, 1.807) is 0 Å². The van der Waals surface area contributed by atoms with E-state index < -0.39 is 0 Å². The van der Waals surface area contributed by atoms with E-state index in [9.17, 15) is 0 Å². The highest BCUT2D eigenvalue weighted by molar-refractivity contribution is 8.33. The Morgan fingerprint density at radius 1 is 1.07 bits per heavy atom. The van der Waals surface area contributed by atoms with E-state index in [4.69, 9.17) is 0 Å². The van der Waals surface area contributed by atoms with Crippen LogP contribution in [0.15, 0.2) is 0 Å². The highest BCUT2D eigenvalue weighted by Gasteiger charge is 2.56. The van der Waals surface area contributed by atoms with E-state index in [-0.39, 0.29) is 10.0 Å². The van der Waals surface area contributed by atoms with Gasteiger partial charge in [-0.1, -0.05) is 34.1 Å². The summed E-state index contributed by atoms with van der Waals surface area (Å²) in [4.78, 5) is 0. The molecule has 5 unspecified atom stereocenters. The lowest BCUT2D eigenvalue weighted by Crippen LogP contribution is -2.52. The van der Waals surface area contributed by atoms with Crippen molar-refractivity contribution in [1.29, 1.82) is 0 Å². The van der Waals surface area contributed by atoms with Crippen molar-refractivity contribution in [1.82, 2.24) is 0 Å². The third-order valence-electron chi connectivity index (χ3n) is 5.60. The lowest BCUT2D eigenvalue weighted by Gasteiger charge is -2.60. The molecule has 2 aliphatic rings. The van der Waals surface area contributed by atoms with Crippen LogP contribution in [0.3, 0.4) is 0 Å². The van der Waals surface area contributed by atoms with E-state index in [1.165, 1.54) is 12.8 Å². The van der Waals surface area contributed by atoms with Crippen molar-refractivity contribution in [3.05, 3.63) is 0 Å². The van der Waals surface area contributed by atoms with Gasteiger partial charge in [0.1, 0.15) is 0 Å². The summed E-state index contributed by atoms with van der Waals surface area (Å²) in [7, 11) is -0.376. The van der Waals surface area contributed by atoms with E-state index >= 15 is 0 Å². The molecule has 0 nitrogen and oxygen atoms in total. The average Bonchev–Trinajstić information content (AvgIpc) is 2.42. The summed E-state index contributed by atoms with van der Waals surface area (Å²) < 4.78 is 0. The average molecular weight is 228 g/mol. The molecule has 2 rings (SSSR count). The van der Waals surface area contributed by atoms with Crippen molar-refractivity contribution >= 4 is 10.0 Å². The van der Waals surface area contributed by atoms with Gasteiger partial charge in [-0.25, -0.2) is 10.0 Å². The number of rotatable bonds is 2. The molecule has 0 amide bonds. The third kappa shape index (κ3) is 1.57. The largest absolute Gasteiger partial charge is 0.241 e. The fourth-order valence-corrected chi connectivity index (χ4v) is 7.38. The van der Waals surface area contributed by atoms with Crippen molar-refractivity contribution in [3.63, 3.8) is 0 Å². The lowest BCUT2D eigenvalue weighted by atomic mass is 9.65. The van der Waals surface area contributed by atoms with Gasteiger partial charge in [0.15, 0.2) is 0 Å². The summed E-state index contributed by atoms with van der Waals surface area (Å²) in [6, 6.07) is 0. The molecule has 0 radical (unpaired) electrons. The normalized spacial score (nSPS) is 46.5. The van der Waals surface area contributed by atoms with Gasteiger partial charge in [-0.15, -0.1) is 0 Å². The predicted molar refractivity (Wildman–Crippen MR) is 72.9 cm³/mol. The fraction of sp³-hybridized carbons (Fsp3) is 1.00. The van der Waals surface area contributed by atoms with Crippen LogP contribution in [0.4, 0.5) is 0 Å². The van der Waals surface area contributed by atoms with Crippen LogP contribution in [-0.4, -0.2) is 23.0 Å². The standard InChI is InChI=1S/C14H28S/c1-9(2)15(5,6)14-11(4)12-8-7-10(3)13(12)14/h9-14H,7-8H2,1-6H3. The molecule has 0 aromatic carbocycles. The van der Waals surface area contributed by atoms with Gasteiger partial charge in [-0.2, -0.15) is 0 Å². The lowest BCUT2D eigenvalue weighted by molar-refractivity contribution is 0.104. The second kappa shape index (κ2) is 3.68. The Morgan fingerprint density at radius 2 is 1.67 bits per heavy atom. The monoisotopic (exact) mass is 228 g/mol. The first-order valence-corrected chi connectivity index (χ1v) is 9.16. The van der Waals surface area contributed by atoms with E-state index in [0.29, 0.717) is 0 Å². The Morgan fingerprint density at radius 3 is 2.20 bits per heavy atom. The predicted octanol–water partition coefficient (Wildman–Crippen LogP) is 4.14. The molecule has 0 aliphatic heterocycles. The van der Waals surface area contributed by atoms with Crippen molar-refractivity contribution < 1.29 is 0 Å². The summed E-state index contributed by atoms with van der Waals surface area (Å²) >= 11 is 0. The maximum absolute atomic E-state index is 2.58. The molecule has 2 saturated carbocycles. The van der Waals surface area contributed by atoms with Crippen LogP contribution in [0.1, 0.15) is 40.5 Å². The quantitative estimate of drug-likeness (QED) is 0.666. The van der Waals surface area contributed by atoms with Gasteiger partial charge < -0.3 is 0 Å². The Hall–Kier alpha value is 0.350. The summed E-state index contributed by atoms with van der Waals surface area (Å²) in [5.41, 5.74) is 0. The second-order valence-electron chi connectivity index (χ2n) is 6.66. The highest BCUT2D eigenvalue weighted by Crippen LogP contribution is 2.68. The summed E-state index contributed by atoms with van der Waals surface area (Å²) in [5.74, 6) is 4.22. The molecule has 90 valence electrons. The minimum absolute atomic E-state index is 0.376. The maximum Gasteiger partial charge on any atom is -0.00524 e. The molecule has 1 heteroatoms. The smallest absolute Gasteiger partial charge is 0.00524 e. The number of hydrogen-bond donors (Lipinski definition) is 0. The van der Waals surface area contributed by atoms with Gasteiger partial charge in [0.2, 0.25) is 0 Å². The Bertz CT molecular complexity index is 244. The van der Waals surface area contributed by atoms with Crippen LogP contribution in [0, 0.1) is 23.7 Å². The zero-order valence-electron chi connectivity index (χ0n) is 11.3. The van der Waals surface area contributed by atoms with Crippen molar-refractivity contribution in [3.8, 4) is 0 Å². The Labute approximate surface area is 97.5 Å². The molecule has 15 heavy (non-hydrogen) atoms. The van der Waals surface area contributed by atoms with Crippen molar-refractivity contribution in [2.75, 3.05) is 12.5 Å². The van der Waals surface area contributed by atoms with Gasteiger partial charge in [0, 0.05) is 0 Å². The van der Waals surface area contributed by atoms with Gasteiger partial charge in [-0.3, -0.25) is 0 Å². The molecule has 0 aromatic rings. The molecule has 2 fully saturated rings. The molecule has 0 spiro atoms. The van der Waals surface area contributed by atoms with E-state index in [1.807, 2.05) is 0 Å². The Kier molecular flexibility index (Phi) is 2.90. The number of fused-ring (bicyclic) bond motifs is 1. The number of hydrogen-bond acceptors (Lipinski definition) is 0. The third-order valence-corrected chi connectivity index (χ3v) is 10.2. The zero-order valence-corrected chi connectivity index (χ0v) is 12.1. The molecule has 0 heterocycles. The van der Waals surface area contributed by atoms with Crippen LogP contribution in [0.25, 0.3) is 0 Å². The Balaban J connectivity index is 2.17. The van der Waals surface area contributed by atoms with Gasteiger partial charge in [-0.05, 0) is 53.1 Å². The molecule has 0 N–H and O–H groups in total. The molecular formula is C14H28S. The zero-order chi connectivity index (χ0) is 11.4. The van der Waals surface area contributed by atoms with Gasteiger partial charge >= 0.3 is 0 Å². The van der Waals surface area contributed by atoms with Crippen molar-refractivity contribution in [2.45, 2.75) is 51.0 Å². The van der Waals surface area contributed by atoms with Crippen LogP contribution in [0.2, 0.25) is 0 Å². The molecule has 0 bridgehead atoms. The fourth-order valence-electron chi connectivity index (χ4n) is 4.16. The van der Waals surface area contributed by atoms with E-state index in [2.05, 4.69) is 40.2 Å². The topological polar surface area (TPSA) is 0 Å². The second-order valence-corrected chi connectivity index (χ2v) is 11.1. The SMILES string of the molecule is CC1CCC2C(C)C(S(C)(C)C(C)C)C12. The molecule has 2 aliphatic carbocycles. The first-order valence-electron chi connectivity index (χ1n) is 6.58. The highest BCUT2D eigenvalue weighted by atomic mass is 32.3. The minimum atomic E-state index is -0.376. The van der Waals surface area contributed by atoms with Crippen molar-refractivity contribution in [2.24, 2.45) is 23.7 Å². The van der Waals surface area contributed by atoms with Gasteiger partial charge in [0.05, 0.1) is 0 Å². The molecular weight excluding hydrogens is 200 g/mol. The maximum atomic E-state index is 2.58. The molecule has 0 aromatic heterocycles. The summed E-state index contributed by atoms with van der Waals surface area (Å²) in [5, 5.41) is 1.97. The molecule has 0 saturated heterocycles. The minimum Gasteiger partial charge on any atom is -0.241 e. The van der Waals surface area contributed by atoms with Crippen LogP contribution < -0.4 is 0 Å². The first kappa shape index (κ1) is 11.8. The van der Waals surface area contributed by atoms with Crippen LogP contribution in [0.5, 0.6) is 0 Å². The van der Waals surface area contributed by atoms with Crippen LogP contribution >= 0.6 is 10.0 Å². The first-order chi connectivity index (χ1) is 6.87. The van der Waals surface area contributed by atoms with E-state index in [0.717, 1.165) is 34.2 Å². The van der Waals surface area contributed by atoms with Gasteiger partial charge in [0.25, 0.3) is 0 Å². The summed E-state index contributed by atoms with van der Waals surface area (Å²) in [6.07, 6.45) is 8.20.